The maximum atomic E-state index is 12.2. The average molecular weight is 369 g/mol. The van der Waals surface area contributed by atoms with Gasteiger partial charge in [-0.15, -0.1) is 0 Å². The standard InChI is InChI=1S/C17H23NO6S/c1-16(2,3)24-15(20)18-17(10-19)13(14(17)25(5,21)22)11-6-8-12(23-4)9-7-11/h6-10,13-14H,1-5H3,(H,18,20). The third-order valence-electron chi connectivity index (χ3n) is 4.03. The van der Waals surface area contributed by atoms with E-state index in [0.717, 1.165) is 6.26 Å². The number of alkyl carbamates (subject to hydrolysis) is 1. The summed E-state index contributed by atoms with van der Waals surface area (Å²) in [5.74, 6) is -0.0736. The lowest BCUT2D eigenvalue weighted by Gasteiger charge is -2.22. The molecule has 1 saturated carbocycles. The Balaban J connectivity index is 2.36. The topological polar surface area (TPSA) is 98.8 Å². The number of sulfone groups is 1. The van der Waals surface area contributed by atoms with E-state index in [1.807, 2.05) is 0 Å². The number of carbonyl (C=O) groups excluding carboxylic acids is 2. The first-order valence-electron chi connectivity index (χ1n) is 7.75. The van der Waals surface area contributed by atoms with Crippen LogP contribution in [-0.2, 0) is 19.4 Å². The van der Waals surface area contributed by atoms with Gasteiger partial charge in [0.2, 0.25) is 0 Å². The van der Waals surface area contributed by atoms with Gasteiger partial charge in [-0.3, -0.25) is 0 Å². The fourth-order valence-electron chi connectivity index (χ4n) is 3.04. The molecule has 1 amide bonds. The lowest BCUT2D eigenvalue weighted by molar-refractivity contribution is -0.110. The zero-order chi connectivity index (χ0) is 19.0. The molecule has 1 aromatic carbocycles. The molecule has 3 atom stereocenters. The smallest absolute Gasteiger partial charge is 0.408 e. The summed E-state index contributed by atoms with van der Waals surface area (Å²) < 4.78 is 34.6. The van der Waals surface area contributed by atoms with Crippen molar-refractivity contribution < 1.29 is 27.5 Å². The predicted molar refractivity (Wildman–Crippen MR) is 92.5 cm³/mol. The highest BCUT2D eigenvalue weighted by molar-refractivity contribution is 7.91. The summed E-state index contributed by atoms with van der Waals surface area (Å²) in [5, 5.41) is 1.42. The van der Waals surface area contributed by atoms with Crippen LogP contribution in [0.1, 0.15) is 32.3 Å². The number of rotatable bonds is 5. The molecule has 0 aromatic heterocycles. The zero-order valence-electron chi connectivity index (χ0n) is 14.9. The van der Waals surface area contributed by atoms with Gasteiger partial charge in [-0.25, -0.2) is 13.2 Å². The Kier molecular flexibility index (Phi) is 4.87. The van der Waals surface area contributed by atoms with Crippen LogP contribution in [0.5, 0.6) is 5.75 Å². The molecule has 1 aliphatic carbocycles. The van der Waals surface area contributed by atoms with Crippen molar-refractivity contribution >= 4 is 22.2 Å². The molecule has 1 aromatic rings. The Hall–Kier alpha value is -2.09. The maximum absolute atomic E-state index is 12.2. The predicted octanol–water partition coefficient (Wildman–Crippen LogP) is 1.67. The number of hydrogen-bond donors (Lipinski definition) is 1. The van der Waals surface area contributed by atoms with Gasteiger partial charge < -0.3 is 19.6 Å². The van der Waals surface area contributed by atoms with Gasteiger partial charge in [-0.05, 0) is 38.5 Å². The van der Waals surface area contributed by atoms with Gasteiger partial charge in [0.15, 0.2) is 9.84 Å². The van der Waals surface area contributed by atoms with Crippen LogP contribution in [0, 0.1) is 0 Å². The van der Waals surface area contributed by atoms with Crippen molar-refractivity contribution in [1.29, 1.82) is 0 Å². The van der Waals surface area contributed by atoms with Crippen molar-refractivity contribution in [2.45, 2.75) is 43.1 Å². The Morgan fingerprint density at radius 3 is 2.20 bits per heavy atom. The van der Waals surface area contributed by atoms with E-state index in [1.165, 1.54) is 7.11 Å². The summed E-state index contributed by atoms with van der Waals surface area (Å²) in [4.78, 5) is 23.9. The Bertz CT molecular complexity index is 765. The van der Waals surface area contributed by atoms with E-state index in [0.29, 0.717) is 17.6 Å². The van der Waals surface area contributed by atoms with Crippen LogP contribution in [-0.4, -0.2) is 50.6 Å². The highest BCUT2D eigenvalue weighted by Gasteiger charge is 2.71. The number of benzene rings is 1. The number of methoxy groups -OCH3 is 1. The quantitative estimate of drug-likeness (QED) is 0.793. The minimum Gasteiger partial charge on any atom is -0.497 e. The van der Waals surface area contributed by atoms with Gasteiger partial charge in [0.25, 0.3) is 0 Å². The van der Waals surface area contributed by atoms with Crippen LogP contribution in [0.4, 0.5) is 4.79 Å². The third kappa shape index (κ3) is 3.95. The van der Waals surface area contributed by atoms with Crippen molar-refractivity contribution in [3.05, 3.63) is 29.8 Å². The van der Waals surface area contributed by atoms with E-state index in [4.69, 9.17) is 9.47 Å². The molecule has 8 heteroatoms. The molecule has 3 unspecified atom stereocenters. The van der Waals surface area contributed by atoms with Crippen LogP contribution in [0.25, 0.3) is 0 Å². The van der Waals surface area contributed by atoms with E-state index in [-0.39, 0.29) is 0 Å². The third-order valence-corrected chi connectivity index (χ3v) is 5.61. The van der Waals surface area contributed by atoms with Crippen LogP contribution < -0.4 is 10.1 Å². The zero-order valence-corrected chi connectivity index (χ0v) is 15.7. The van der Waals surface area contributed by atoms with Crippen LogP contribution >= 0.6 is 0 Å². The van der Waals surface area contributed by atoms with Crippen LogP contribution in [0.15, 0.2) is 24.3 Å². The number of aldehydes is 1. The van der Waals surface area contributed by atoms with Gasteiger partial charge in [0.1, 0.15) is 28.4 Å². The fraction of sp³-hybridized carbons (Fsp3) is 0.529. The molecule has 7 nitrogen and oxygen atoms in total. The molecular weight excluding hydrogens is 346 g/mol. The molecule has 2 rings (SSSR count). The molecule has 138 valence electrons. The van der Waals surface area contributed by atoms with E-state index in [2.05, 4.69) is 5.32 Å². The van der Waals surface area contributed by atoms with E-state index >= 15 is 0 Å². The van der Waals surface area contributed by atoms with Gasteiger partial charge in [-0.2, -0.15) is 0 Å². The summed E-state index contributed by atoms with van der Waals surface area (Å²) in [6.07, 6.45) is 0.706. The highest BCUT2D eigenvalue weighted by atomic mass is 32.2. The van der Waals surface area contributed by atoms with Gasteiger partial charge in [0.05, 0.1) is 7.11 Å². The molecular formula is C17H23NO6S. The highest BCUT2D eigenvalue weighted by Crippen LogP contribution is 2.54. The minimum atomic E-state index is -3.58. The number of carbonyl (C=O) groups is 2. The second-order valence-corrected chi connectivity index (χ2v) is 9.35. The van der Waals surface area contributed by atoms with Crippen LogP contribution in [0.3, 0.4) is 0 Å². The molecule has 25 heavy (non-hydrogen) atoms. The molecule has 1 N–H and O–H groups in total. The molecule has 0 spiro atoms. The number of nitrogens with one attached hydrogen (secondary N) is 1. The van der Waals surface area contributed by atoms with Crippen molar-refractivity contribution in [2.24, 2.45) is 0 Å². The SMILES string of the molecule is COc1ccc(C2C(S(C)(=O)=O)C2(C=O)NC(=O)OC(C)(C)C)cc1. The first-order valence-corrected chi connectivity index (χ1v) is 9.70. The van der Waals surface area contributed by atoms with Crippen molar-refractivity contribution in [3.8, 4) is 5.75 Å². The second-order valence-electron chi connectivity index (χ2n) is 7.18. The van der Waals surface area contributed by atoms with Gasteiger partial charge in [-0.1, -0.05) is 12.1 Å². The summed E-state index contributed by atoms with van der Waals surface area (Å²) in [6, 6.07) is 6.72. The summed E-state index contributed by atoms with van der Waals surface area (Å²) in [6.45, 7) is 5.05. The molecule has 0 radical (unpaired) electrons. The van der Waals surface area contributed by atoms with Crippen molar-refractivity contribution in [1.82, 2.24) is 5.32 Å². The monoisotopic (exact) mass is 369 g/mol. The molecule has 0 saturated heterocycles. The summed E-state index contributed by atoms with van der Waals surface area (Å²) in [5.41, 5.74) is -1.68. The Morgan fingerprint density at radius 1 is 1.24 bits per heavy atom. The Labute approximate surface area is 147 Å². The van der Waals surface area contributed by atoms with Gasteiger partial charge in [0, 0.05) is 12.2 Å². The normalized spacial score (nSPS) is 25.8. The molecule has 0 aliphatic heterocycles. The summed E-state index contributed by atoms with van der Waals surface area (Å²) >= 11 is 0. The number of hydrogen-bond acceptors (Lipinski definition) is 6. The fourth-order valence-corrected chi connectivity index (χ4v) is 4.80. The van der Waals surface area contributed by atoms with Crippen molar-refractivity contribution in [2.75, 3.05) is 13.4 Å². The minimum absolute atomic E-state index is 0.484. The second kappa shape index (κ2) is 6.33. The van der Waals surface area contributed by atoms with E-state index < -0.39 is 38.2 Å². The number of amides is 1. The lowest BCUT2D eigenvalue weighted by Crippen LogP contribution is -2.45. The van der Waals surface area contributed by atoms with Crippen LogP contribution in [0.2, 0.25) is 0 Å². The summed E-state index contributed by atoms with van der Waals surface area (Å²) in [7, 11) is -2.07. The largest absolute Gasteiger partial charge is 0.497 e. The van der Waals surface area contributed by atoms with Gasteiger partial charge >= 0.3 is 6.09 Å². The van der Waals surface area contributed by atoms with Crippen molar-refractivity contribution in [3.63, 3.8) is 0 Å². The average Bonchev–Trinajstić information content (AvgIpc) is 3.14. The maximum Gasteiger partial charge on any atom is 0.408 e. The lowest BCUT2D eigenvalue weighted by atomic mass is 10.1. The first-order chi connectivity index (χ1) is 11.4. The molecule has 1 fully saturated rings. The van der Waals surface area contributed by atoms with E-state index in [1.54, 1.807) is 45.0 Å². The number of ether oxygens (including phenoxy) is 2. The Morgan fingerprint density at radius 2 is 1.80 bits per heavy atom. The molecule has 0 bridgehead atoms. The molecule has 0 heterocycles. The molecule has 1 aliphatic rings. The van der Waals surface area contributed by atoms with E-state index in [9.17, 15) is 18.0 Å². The first kappa shape index (κ1) is 19.2.